The van der Waals surface area contributed by atoms with Crippen LogP contribution in [0.4, 0.5) is 0 Å². The van der Waals surface area contributed by atoms with Crippen LogP contribution in [0, 0.1) is 0 Å². The van der Waals surface area contributed by atoms with Gasteiger partial charge in [0.2, 0.25) is 0 Å². The van der Waals surface area contributed by atoms with E-state index in [-0.39, 0.29) is 11.7 Å². The van der Waals surface area contributed by atoms with Crippen LogP contribution >= 0.6 is 0 Å². The third-order valence-corrected chi connectivity index (χ3v) is 5.08. The lowest BCUT2D eigenvalue weighted by atomic mass is 10.1. The lowest BCUT2D eigenvalue weighted by molar-refractivity contribution is 0.0993. The number of ether oxygens (including phenoxy) is 1. The Bertz CT molecular complexity index is 1160. The Morgan fingerprint density at radius 2 is 2.10 bits per heavy atom. The highest BCUT2D eigenvalue weighted by molar-refractivity contribution is 5.94. The molecule has 30 heavy (non-hydrogen) atoms. The highest BCUT2D eigenvalue weighted by Gasteiger charge is 2.19. The van der Waals surface area contributed by atoms with Gasteiger partial charge in [0.15, 0.2) is 0 Å². The van der Waals surface area contributed by atoms with Crippen molar-refractivity contribution < 1.29 is 19.1 Å². The molecule has 2 aromatic heterocycles. The van der Waals surface area contributed by atoms with Crippen LogP contribution in [0.15, 0.2) is 71.7 Å². The first-order chi connectivity index (χ1) is 14.5. The number of nitrogens with two attached hydrogens (primary N) is 1. The Hall–Kier alpha value is -3.58. The lowest BCUT2D eigenvalue weighted by Gasteiger charge is -2.21. The molecule has 2 unspecified atom stereocenters. The summed E-state index contributed by atoms with van der Waals surface area (Å²) >= 11 is 0. The number of rotatable bonds is 8. The average molecular weight is 405 g/mol. The van der Waals surface area contributed by atoms with Crippen LogP contribution in [0.25, 0.3) is 22.1 Å². The van der Waals surface area contributed by atoms with Crippen molar-refractivity contribution in [2.45, 2.75) is 25.5 Å². The maximum Gasteiger partial charge on any atom is 0.268 e. The molecule has 2 atom stereocenters. The Balaban J connectivity index is 1.45. The van der Waals surface area contributed by atoms with E-state index in [0.29, 0.717) is 18.8 Å². The fraction of sp³-hybridized carbons (Fsp3) is 0.217. The number of aliphatic hydroxyl groups is 1. The number of hydrogen-bond donors (Lipinski definition) is 2. The molecule has 0 saturated heterocycles. The third-order valence-electron chi connectivity index (χ3n) is 5.08. The Morgan fingerprint density at radius 3 is 2.87 bits per heavy atom. The number of aliphatic hydroxyl groups excluding tert-OH is 1. The van der Waals surface area contributed by atoms with Gasteiger partial charge in [0, 0.05) is 29.0 Å². The molecule has 7 nitrogen and oxygen atoms in total. The molecule has 4 rings (SSSR count). The van der Waals surface area contributed by atoms with E-state index < -0.39 is 12.0 Å². The summed E-state index contributed by atoms with van der Waals surface area (Å²) < 4.78 is 13.4. The predicted molar refractivity (Wildman–Crippen MR) is 113 cm³/mol. The van der Waals surface area contributed by atoms with Crippen molar-refractivity contribution >= 4 is 16.7 Å². The van der Waals surface area contributed by atoms with Gasteiger partial charge in [0.25, 0.3) is 5.91 Å². The van der Waals surface area contributed by atoms with Crippen LogP contribution < -0.4 is 10.5 Å². The molecule has 0 aliphatic rings. The molecule has 7 heteroatoms. The maximum atomic E-state index is 11.3. The van der Waals surface area contributed by atoms with Crippen LogP contribution in [0.2, 0.25) is 0 Å². The van der Waals surface area contributed by atoms with Crippen molar-refractivity contribution in [3.63, 3.8) is 0 Å². The topological polar surface area (TPSA) is 104 Å². The number of amides is 1. The van der Waals surface area contributed by atoms with Gasteiger partial charge in [-0.15, -0.1) is 0 Å². The summed E-state index contributed by atoms with van der Waals surface area (Å²) in [6.45, 7) is 2.07. The largest absolute Gasteiger partial charge is 0.493 e. The zero-order chi connectivity index (χ0) is 21.1. The van der Waals surface area contributed by atoms with E-state index in [1.54, 1.807) is 24.0 Å². The SMILES string of the molecule is CC(O)C(CCOc1cccc(-c2occ3ccccc23)c1)n1cnc(C(N)=O)c1. The summed E-state index contributed by atoms with van der Waals surface area (Å²) in [5, 5.41) is 12.2. The molecule has 0 aliphatic carbocycles. The van der Waals surface area contributed by atoms with E-state index in [4.69, 9.17) is 14.9 Å². The van der Waals surface area contributed by atoms with E-state index in [1.807, 2.05) is 48.5 Å². The molecule has 0 fully saturated rings. The first-order valence-corrected chi connectivity index (χ1v) is 9.74. The van der Waals surface area contributed by atoms with Crippen molar-refractivity contribution in [2.24, 2.45) is 5.73 Å². The fourth-order valence-electron chi connectivity index (χ4n) is 3.53. The molecule has 0 bridgehead atoms. The van der Waals surface area contributed by atoms with E-state index in [1.165, 1.54) is 6.33 Å². The average Bonchev–Trinajstić information content (AvgIpc) is 3.39. The quantitative estimate of drug-likeness (QED) is 0.464. The first-order valence-electron chi connectivity index (χ1n) is 9.74. The zero-order valence-electron chi connectivity index (χ0n) is 16.6. The summed E-state index contributed by atoms with van der Waals surface area (Å²) in [5.74, 6) is 0.910. The van der Waals surface area contributed by atoms with E-state index in [0.717, 1.165) is 22.1 Å². The number of carbonyl (C=O) groups excluding carboxylic acids is 1. The fourth-order valence-corrected chi connectivity index (χ4v) is 3.53. The Kier molecular flexibility index (Phi) is 5.54. The summed E-state index contributed by atoms with van der Waals surface area (Å²) in [6.07, 6.45) is 4.67. The minimum Gasteiger partial charge on any atom is -0.493 e. The van der Waals surface area contributed by atoms with Crippen LogP contribution in [0.1, 0.15) is 29.9 Å². The lowest BCUT2D eigenvalue weighted by Crippen LogP contribution is -2.23. The Morgan fingerprint density at radius 1 is 1.27 bits per heavy atom. The summed E-state index contributed by atoms with van der Waals surface area (Å²) in [6, 6.07) is 15.4. The van der Waals surface area contributed by atoms with Crippen molar-refractivity contribution in [3.05, 3.63) is 73.0 Å². The van der Waals surface area contributed by atoms with Gasteiger partial charge in [-0.3, -0.25) is 4.79 Å². The van der Waals surface area contributed by atoms with E-state index >= 15 is 0 Å². The molecule has 0 saturated carbocycles. The van der Waals surface area contributed by atoms with Gasteiger partial charge < -0.3 is 24.6 Å². The zero-order valence-corrected chi connectivity index (χ0v) is 16.6. The number of benzene rings is 2. The number of furan rings is 1. The number of nitrogens with zero attached hydrogens (tertiary/aromatic N) is 2. The molecule has 4 aromatic rings. The van der Waals surface area contributed by atoms with Crippen molar-refractivity contribution in [1.29, 1.82) is 0 Å². The monoisotopic (exact) mass is 405 g/mol. The molecular weight excluding hydrogens is 382 g/mol. The third kappa shape index (κ3) is 4.06. The van der Waals surface area contributed by atoms with Crippen LogP contribution in [-0.2, 0) is 0 Å². The highest BCUT2D eigenvalue weighted by Crippen LogP contribution is 2.32. The van der Waals surface area contributed by atoms with Crippen LogP contribution in [0.3, 0.4) is 0 Å². The highest BCUT2D eigenvalue weighted by atomic mass is 16.5. The molecule has 0 spiro atoms. The van der Waals surface area contributed by atoms with Crippen molar-refractivity contribution in [3.8, 4) is 17.1 Å². The van der Waals surface area contributed by atoms with Gasteiger partial charge in [-0.2, -0.15) is 0 Å². The smallest absolute Gasteiger partial charge is 0.268 e. The van der Waals surface area contributed by atoms with Gasteiger partial charge in [-0.05, 0) is 19.1 Å². The van der Waals surface area contributed by atoms with Gasteiger partial charge in [-0.25, -0.2) is 4.98 Å². The Labute approximate surface area is 173 Å². The summed E-state index contributed by atoms with van der Waals surface area (Å²) in [5.41, 5.74) is 6.36. The maximum absolute atomic E-state index is 11.3. The van der Waals surface area contributed by atoms with Gasteiger partial charge in [0.05, 0.1) is 31.3 Å². The normalized spacial score (nSPS) is 13.3. The number of fused-ring (bicyclic) bond motifs is 1. The second kappa shape index (κ2) is 8.42. The second-order valence-corrected chi connectivity index (χ2v) is 7.20. The van der Waals surface area contributed by atoms with Gasteiger partial charge in [-0.1, -0.05) is 36.4 Å². The first kappa shape index (κ1) is 19.7. The summed E-state index contributed by atoms with van der Waals surface area (Å²) in [7, 11) is 0. The molecule has 2 heterocycles. The molecule has 0 aliphatic heterocycles. The molecule has 0 radical (unpaired) electrons. The van der Waals surface area contributed by atoms with E-state index in [9.17, 15) is 9.90 Å². The molecular formula is C23H23N3O4. The van der Waals surface area contributed by atoms with Gasteiger partial charge in [0.1, 0.15) is 17.2 Å². The van der Waals surface area contributed by atoms with Crippen LogP contribution in [-0.4, -0.2) is 33.3 Å². The number of aromatic nitrogens is 2. The number of imidazole rings is 1. The molecule has 1 amide bonds. The minimum atomic E-state index is -0.649. The number of primary amides is 1. The standard InChI is InChI=1S/C23H23N3O4/c1-15(27)21(26-12-20(23(24)28)25-14-26)9-10-29-18-7-4-6-16(11-18)22-19-8-3-2-5-17(19)13-30-22/h2-8,11-15,21,27H,9-10H2,1H3,(H2,24,28). The van der Waals surface area contributed by atoms with Crippen molar-refractivity contribution in [2.75, 3.05) is 6.61 Å². The second-order valence-electron chi connectivity index (χ2n) is 7.20. The summed E-state index contributed by atoms with van der Waals surface area (Å²) in [4.78, 5) is 15.2. The molecule has 154 valence electrons. The van der Waals surface area contributed by atoms with E-state index in [2.05, 4.69) is 4.98 Å². The van der Waals surface area contributed by atoms with Crippen LogP contribution in [0.5, 0.6) is 5.75 Å². The minimum absolute atomic E-state index is 0.167. The molecule has 2 aromatic carbocycles. The van der Waals surface area contributed by atoms with Gasteiger partial charge >= 0.3 is 0 Å². The molecule has 3 N–H and O–H groups in total. The predicted octanol–water partition coefficient (Wildman–Crippen LogP) is 3.79. The van der Waals surface area contributed by atoms with Crippen molar-refractivity contribution in [1.82, 2.24) is 9.55 Å². The number of hydrogen-bond acceptors (Lipinski definition) is 5. The number of carbonyl (C=O) groups is 1.